The average Bonchev–Trinajstić information content (AvgIpc) is 2.88. The zero-order chi connectivity index (χ0) is 18.6. The third-order valence-electron chi connectivity index (χ3n) is 6.36. The molecule has 1 saturated carbocycles. The maximum Gasteiger partial charge on any atom is 0.223 e. The van der Waals surface area contributed by atoms with E-state index in [1.165, 1.54) is 6.07 Å². The number of aryl methyl sites for hydroxylation is 1. The predicted molar refractivity (Wildman–Crippen MR) is 99.5 cm³/mol. The van der Waals surface area contributed by atoms with Gasteiger partial charge in [0.25, 0.3) is 0 Å². The minimum atomic E-state index is -0.543. The van der Waals surface area contributed by atoms with E-state index in [1.807, 2.05) is 18.7 Å². The molecule has 2 saturated heterocycles. The van der Waals surface area contributed by atoms with E-state index >= 15 is 0 Å². The van der Waals surface area contributed by atoms with Crippen LogP contribution in [0.3, 0.4) is 0 Å². The van der Waals surface area contributed by atoms with Crippen LogP contribution in [0.25, 0.3) is 10.9 Å². The van der Waals surface area contributed by atoms with Crippen molar-refractivity contribution >= 4 is 16.8 Å². The van der Waals surface area contributed by atoms with Crippen LogP contribution in [0, 0.1) is 12.7 Å². The normalized spacial score (nSPS) is 28.9. The van der Waals surface area contributed by atoms with E-state index in [1.54, 1.807) is 12.1 Å². The summed E-state index contributed by atoms with van der Waals surface area (Å²) in [5, 5.41) is 11.2. The zero-order valence-electron chi connectivity index (χ0n) is 15.7. The van der Waals surface area contributed by atoms with Crippen molar-refractivity contribution in [3.63, 3.8) is 0 Å². The average molecular weight is 358 g/mol. The van der Waals surface area contributed by atoms with E-state index in [-0.39, 0.29) is 29.7 Å². The van der Waals surface area contributed by atoms with E-state index in [4.69, 9.17) is 0 Å². The van der Waals surface area contributed by atoms with Crippen molar-refractivity contribution in [2.24, 2.45) is 0 Å². The monoisotopic (exact) mass is 358 g/mol. The number of aliphatic hydroxyl groups is 1. The summed E-state index contributed by atoms with van der Waals surface area (Å²) >= 11 is 0. The first-order valence-electron chi connectivity index (χ1n) is 9.62. The second kappa shape index (κ2) is 6.08. The Morgan fingerprint density at radius 2 is 2.15 bits per heavy atom. The summed E-state index contributed by atoms with van der Waals surface area (Å²) < 4.78 is 13.7. The summed E-state index contributed by atoms with van der Waals surface area (Å²) in [5.41, 5.74) is 2.39. The number of hydrogen-bond donors (Lipinski definition) is 2. The Morgan fingerprint density at radius 3 is 2.85 bits per heavy atom. The molecule has 5 rings (SSSR count). The molecule has 1 amide bonds. The molecule has 3 heterocycles. The molecular formula is C21H27FN2O2. The minimum absolute atomic E-state index is 0.0106. The second-order valence-corrected chi connectivity index (χ2v) is 8.31. The van der Waals surface area contributed by atoms with Crippen molar-refractivity contribution in [3.8, 4) is 0 Å². The summed E-state index contributed by atoms with van der Waals surface area (Å²) in [7, 11) is 0. The van der Waals surface area contributed by atoms with Crippen molar-refractivity contribution in [2.45, 2.75) is 76.5 Å². The fraction of sp³-hybridized carbons (Fsp3) is 0.571. The van der Waals surface area contributed by atoms with Gasteiger partial charge in [0, 0.05) is 35.1 Å². The number of carbonyl (C=O) groups excluding carboxylic acids is 1. The van der Waals surface area contributed by atoms with Gasteiger partial charge in [0.15, 0.2) is 0 Å². The summed E-state index contributed by atoms with van der Waals surface area (Å²) in [6.07, 6.45) is 3.39. The lowest BCUT2D eigenvalue weighted by Crippen LogP contribution is -2.67. The molecular weight excluding hydrogens is 331 g/mol. The van der Waals surface area contributed by atoms with Gasteiger partial charge >= 0.3 is 0 Å². The van der Waals surface area contributed by atoms with Crippen molar-refractivity contribution in [1.29, 1.82) is 0 Å². The fourth-order valence-electron chi connectivity index (χ4n) is 5.19. The van der Waals surface area contributed by atoms with Gasteiger partial charge in [-0.1, -0.05) is 13.8 Å². The Morgan fingerprint density at radius 1 is 1.42 bits per heavy atom. The van der Waals surface area contributed by atoms with Crippen LogP contribution in [0.1, 0.15) is 63.1 Å². The second-order valence-electron chi connectivity index (χ2n) is 8.31. The number of nitrogens with zero attached hydrogens (tertiary/aromatic N) is 1. The van der Waals surface area contributed by atoms with Crippen LogP contribution in [-0.4, -0.2) is 38.6 Å². The number of fused-ring (bicyclic) bond motifs is 3. The molecule has 0 radical (unpaired) electrons. The number of aromatic nitrogens is 1. The smallest absolute Gasteiger partial charge is 0.223 e. The van der Waals surface area contributed by atoms with Crippen LogP contribution >= 0.6 is 0 Å². The lowest BCUT2D eigenvalue weighted by molar-refractivity contribution is -0.178. The molecule has 2 unspecified atom stereocenters. The number of rotatable bonds is 4. The molecule has 1 aliphatic carbocycles. The van der Waals surface area contributed by atoms with Gasteiger partial charge in [0.05, 0.1) is 5.60 Å². The van der Waals surface area contributed by atoms with Crippen molar-refractivity contribution < 1.29 is 14.3 Å². The van der Waals surface area contributed by atoms with Crippen LogP contribution in [0.4, 0.5) is 4.39 Å². The maximum absolute atomic E-state index is 13.7. The van der Waals surface area contributed by atoms with Gasteiger partial charge in [-0.2, -0.15) is 0 Å². The minimum Gasteiger partial charge on any atom is -0.390 e. The van der Waals surface area contributed by atoms with Gasteiger partial charge in [0.1, 0.15) is 5.82 Å². The topological polar surface area (TPSA) is 56.3 Å². The molecule has 4 nitrogen and oxygen atoms in total. The third kappa shape index (κ3) is 2.73. The largest absolute Gasteiger partial charge is 0.390 e. The van der Waals surface area contributed by atoms with E-state index in [0.717, 1.165) is 28.6 Å². The molecule has 140 valence electrons. The molecule has 3 fully saturated rings. The van der Waals surface area contributed by atoms with Gasteiger partial charge in [-0.3, -0.25) is 4.79 Å². The Kier molecular flexibility index (Phi) is 4.10. The Bertz CT molecular complexity index is 853. The van der Waals surface area contributed by atoms with E-state index in [2.05, 4.69) is 11.9 Å². The van der Waals surface area contributed by atoms with Gasteiger partial charge in [-0.05, 0) is 62.3 Å². The van der Waals surface area contributed by atoms with Crippen LogP contribution in [0.5, 0.6) is 0 Å². The number of carbonyl (C=O) groups is 1. The van der Waals surface area contributed by atoms with Crippen molar-refractivity contribution in [2.75, 3.05) is 0 Å². The Balaban J connectivity index is 1.57. The summed E-state index contributed by atoms with van der Waals surface area (Å²) in [6, 6.07) is 5.07. The van der Waals surface area contributed by atoms with Crippen LogP contribution in [-0.2, 0) is 4.79 Å². The van der Waals surface area contributed by atoms with Crippen molar-refractivity contribution in [1.82, 2.24) is 9.88 Å². The highest BCUT2D eigenvalue weighted by molar-refractivity contribution is 5.86. The van der Waals surface area contributed by atoms with E-state index < -0.39 is 5.60 Å². The van der Waals surface area contributed by atoms with E-state index in [0.29, 0.717) is 25.7 Å². The highest BCUT2D eigenvalue weighted by Crippen LogP contribution is 2.47. The quantitative estimate of drug-likeness (QED) is 0.867. The molecule has 2 bridgehead atoms. The number of halogens is 1. The van der Waals surface area contributed by atoms with E-state index in [9.17, 15) is 14.3 Å². The molecule has 0 spiro atoms. The molecule has 2 aliphatic heterocycles. The van der Waals surface area contributed by atoms with Crippen LogP contribution in [0.2, 0.25) is 0 Å². The number of nitrogens with one attached hydrogen (secondary N) is 1. The number of H-pyrrole nitrogens is 1. The summed E-state index contributed by atoms with van der Waals surface area (Å²) in [5.74, 6) is -0.0928. The highest BCUT2D eigenvalue weighted by Gasteiger charge is 2.54. The fourth-order valence-corrected chi connectivity index (χ4v) is 5.19. The molecule has 1 aromatic carbocycles. The molecule has 2 atom stereocenters. The highest BCUT2D eigenvalue weighted by atomic mass is 19.1. The SMILES string of the molecule is CCC1CC2(O)CC(C2)N1C(=O)CC(C)c1c(C)[nH]c2ccc(F)cc12. The lowest BCUT2D eigenvalue weighted by Gasteiger charge is -2.58. The molecule has 2 N–H and O–H groups in total. The zero-order valence-corrected chi connectivity index (χ0v) is 15.7. The van der Waals surface area contributed by atoms with Gasteiger partial charge < -0.3 is 15.0 Å². The molecule has 2 aromatic rings. The Hall–Kier alpha value is -1.88. The number of amides is 1. The Labute approximate surface area is 153 Å². The van der Waals surface area contributed by atoms with Crippen molar-refractivity contribution in [3.05, 3.63) is 35.3 Å². The summed E-state index contributed by atoms with van der Waals surface area (Å²) in [6.45, 7) is 6.10. The number of piperidine rings is 2. The predicted octanol–water partition coefficient (Wildman–Crippen LogP) is 4.01. The first-order chi connectivity index (χ1) is 12.3. The third-order valence-corrected chi connectivity index (χ3v) is 6.36. The lowest BCUT2D eigenvalue weighted by atomic mass is 9.66. The summed E-state index contributed by atoms with van der Waals surface area (Å²) in [4.78, 5) is 18.4. The van der Waals surface area contributed by atoms with Crippen LogP contribution in [0.15, 0.2) is 18.2 Å². The number of hydrogen-bond acceptors (Lipinski definition) is 2. The van der Waals surface area contributed by atoms with Gasteiger partial charge in [0.2, 0.25) is 5.91 Å². The maximum atomic E-state index is 13.7. The standard InChI is InChI=1S/C21H27FN2O2/c1-4-15-9-21(26)10-16(11-21)24(15)19(25)7-12(2)20-13(3)23-18-6-5-14(22)8-17(18)20/h5-6,8,12,15-16,23,26H,4,7,9-11H2,1-3H3. The first-order valence-corrected chi connectivity index (χ1v) is 9.62. The molecule has 1 aromatic heterocycles. The molecule has 26 heavy (non-hydrogen) atoms. The van der Waals surface area contributed by atoms with Gasteiger partial charge in [-0.25, -0.2) is 4.39 Å². The molecule has 3 aliphatic rings. The number of benzene rings is 1. The first kappa shape index (κ1) is 17.5. The van der Waals surface area contributed by atoms with Crippen LogP contribution < -0.4 is 0 Å². The number of aromatic amines is 1. The molecule has 5 heteroatoms. The van der Waals surface area contributed by atoms with Gasteiger partial charge in [-0.15, -0.1) is 0 Å².